The van der Waals surface area contributed by atoms with Gasteiger partial charge < -0.3 is 17.7 Å². The lowest BCUT2D eigenvalue weighted by atomic mass is 10.4. The van der Waals surface area contributed by atoms with Gasteiger partial charge in [-0.3, -0.25) is 0 Å². The van der Waals surface area contributed by atoms with Gasteiger partial charge in [-0.1, -0.05) is 53.4 Å². The fraction of sp³-hybridized carbons (Fsp3) is 1.00. The topological polar surface area (TPSA) is 36.9 Å². The van der Waals surface area contributed by atoms with Gasteiger partial charge in [0.15, 0.2) is 0 Å². The minimum atomic E-state index is -1.51. The van der Waals surface area contributed by atoms with Crippen molar-refractivity contribution in [2.45, 2.75) is 97.6 Å². The van der Waals surface area contributed by atoms with E-state index >= 15 is 0 Å². The van der Waals surface area contributed by atoms with Crippen LogP contribution in [0.3, 0.4) is 0 Å². The highest BCUT2D eigenvalue weighted by atomic mass is 28.3. The highest BCUT2D eigenvalue weighted by Crippen LogP contribution is 2.12. The summed E-state index contributed by atoms with van der Waals surface area (Å²) in [6.07, 6.45) is 10.4. The molecule has 0 fully saturated rings. The number of unbranched alkanes of at least 4 members (excludes halogenated alkanes) is 4. The maximum Gasteiger partial charge on any atom is 0.321 e. The minimum absolute atomic E-state index is 0.861. The molecule has 0 amide bonds. The summed E-state index contributed by atoms with van der Waals surface area (Å²) in [5, 5.41) is 0. The van der Waals surface area contributed by atoms with E-state index in [9.17, 15) is 0 Å². The third-order valence-electron chi connectivity index (χ3n) is 4.09. The average molecular weight is 393 g/mol. The Hall–Kier alpha value is 0.274. The minimum Gasteiger partial charge on any atom is -0.397 e. The van der Waals surface area contributed by atoms with Crippen LogP contribution in [0.1, 0.15) is 85.5 Å². The number of hydrogen-bond donors (Lipinski definition) is 0. The van der Waals surface area contributed by atoms with Crippen molar-refractivity contribution in [1.82, 2.24) is 0 Å². The van der Waals surface area contributed by atoms with Gasteiger partial charge in [-0.15, -0.1) is 0 Å². The van der Waals surface area contributed by atoms with Crippen molar-refractivity contribution in [1.29, 1.82) is 0 Å². The van der Waals surface area contributed by atoms with Crippen LogP contribution in [0.15, 0.2) is 0 Å². The molecule has 0 saturated heterocycles. The maximum atomic E-state index is 6.06. The van der Waals surface area contributed by atoms with Gasteiger partial charge >= 0.3 is 18.6 Å². The smallest absolute Gasteiger partial charge is 0.321 e. The second kappa shape index (κ2) is 20.6. The summed E-state index contributed by atoms with van der Waals surface area (Å²) < 4.78 is 24.2. The summed E-state index contributed by atoms with van der Waals surface area (Å²) in [6.45, 7) is 12.3. The lowest BCUT2D eigenvalue weighted by Crippen LogP contribution is -2.27. The van der Waals surface area contributed by atoms with Crippen LogP contribution in [0.25, 0.3) is 0 Å². The van der Waals surface area contributed by atoms with Crippen molar-refractivity contribution >= 4 is 18.6 Å². The van der Waals surface area contributed by atoms with E-state index in [0.29, 0.717) is 0 Å². The first-order chi connectivity index (χ1) is 12.3. The molecule has 0 aliphatic heterocycles. The standard InChI is InChI=1S/C19H44O4Si2/c1-5-9-14-20-24(21-15-10-6-2)18-13-19-25(22-16-11-7-3)23-17-12-8-4/h24-25H,5-19H2,1-4H3. The molecule has 0 radical (unpaired) electrons. The molecular weight excluding hydrogens is 348 g/mol. The third-order valence-corrected chi connectivity index (χ3v) is 8.28. The van der Waals surface area contributed by atoms with Gasteiger partial charge in [0, 0.05) is 26.4 Å². The third kappa shape index (κ3) is 17.4. The molecule has 0 atom stereocenters. The molecule has 152 valence electrons. The van der Waals surface area contributed by atoms with Crippen LogP contribution in [0.2, 0.25) is 12.1 Å². The summed E-state index contributed by atoms with van der Waals surface area (Å²) in [5.41, 5.74) is 0. The lowest BCUT2D eigenvalue weighted by molar-refractivity contribution is 0.186. The normalized spacial score (nSPS) is 11.8. The Morgan fingerprint density at radius 2 is 0.720 bits per heavy atom. The van der Waals surface area contributed by atoms with Crippen LogP contribution in [0, 0.1) is 0 Å². The van der Waals surface area contributed by atoms with Gasteiger partial charge in [-0.2, -0.15) is 0 Å². The van der Waals surface area contributed by atoms with Crippen molar-refractivity contribution in [3.05, 3.63) is 0 Å². The predicted octanol–water partition coefficient (Wildman–Crippen LogP) is 5.08. The molecule has 4 nitrogen and oxygen atoms in total. The molecule has 0 aromatic rings. The monoisotopic (exact) mass is 392 g/mol. The highest BCUT2D eigenvalue weighted by Gasteiger charge is 2.17. The van der Waals surface area contributed by atoms with Crippen LogP contribution in [-0.4, -0.2) is 45.0 Å². The molecule has 0 unspecified atom stereocenters. The zero-order valence-corrected chi connectivity index (χ0v) is 19.7. The summed E-state index contributed by atoms with van der Waals surface area (Å²) in [7, 11) is -3.02. The van der Waals surface area contributed by atoms with E-state index in [-0.39, 0.29) is 0 Å². The molecule has 25 heavy (non-hydrogen) atoms. The van der Waals surface area contributed by atoms with E-state index in [1.807, 2.05) is 0 Å². The number of rotatable bonds is 20. The van der Waals surface area contributed by atoms with Crippen molar-refractivity contribution < 1.29 is 17.7 Å². The fourth-order valence-corrected chi connectivity index (χ4v) is 6.50. The molecule has 0 aromatic carbocycles. The summed E-state index contributed by atoms with van der Waals surface area (Å²) in [4.78, 5) is 0. The van der Waals surface area contributed by atoms with E-state index in [2.05, 4.69) is 27.7 Å². The molecule has 0 aliphatic rings. The van der Waals surface area contributed by atoms with Gasteiger partial charge in [0.1, 0.15) is 0 Å². The van der Waals surface area contributed by atoms with E-state index in [4.69, 9.17) is 17.7 Å². The Kier molecular flexibility index (Phi) is 20.8. The molecular formula is C19H44O4Si2. The first-order valence-corrected chi connectivity index (χ1v) is 14.3. The molecule has 6 heteroatoms. The van der Waals surface area contributed by atoms with Gasteiger partial charge in [0.05, 0.1) is 0 Å². The largest absolute Gasteiger partial charge is 0.397 e. The van der Waals surface area contributed by atoms with Gasteiger partial charge in [0.25, 0.3) is 0 Å². The molecule has 0 aliphatic carbocycles. The average Bonchev–Trinajstić information content (AvgIpc) is 2.61. The Bertz CT molecular complexity index is 214. The first kappa shape index (κ1) is 25.3. The van der Waals surface area contributed by atoms with Gasteiger partial charge in [0.2, 0.25) is 0 Å². The molecule has 0 spiro atoms. The zero-order chi connectivity index (χ0) is 18.6. The molecule has 0 aromatic heterocycles. The van der Waals surface area contributed by atoms with Crippen LogP contribution in [0.5, 0.6) is 0 Å². The van der Waals surface area contributed by atoms with E-state index in [0.717, 1.165) is 70.6 Å². The van der Waals surface area contributed by atoms with E-state index in [1.54, 1.807) is 0 Å². The van der Waals surface area contributed by atoms with Crippen molar-refractivity contribution in [2.75, 3.05) is 26.4 Å². The van der Waals surface area contributed by atoms with Gasteiger partial charge in [-0.05, 0) is 44.2 Å². The summed E-state index contributed by atoms with van der Waals surface area (Å²) in [6, 6.07) is 2.18. The Morgan fingerprint density at radius 1 is 0.440 bits per heavy atom. The first-order valence-electron chi connectivity index (χ1n) is 10.7. The Morgan fingerprint density at radius 3 is 0.960 bits per heavy atom. The Labute approximate surface area is 160 Å². The molecule has 0 saturated carbocycles. The van der Waals surface area contributed by atoms with Crippen LogP contribution in [0.4, 0.5) is 0 Å². The fourth-order valence-electron chi connectivity index (χ4n) is 2.32. The predicted molar refractivity (Wildman–Crippen MR) is 112 cm³/mol. The summed E-state index contributed by atoms with van der Waals surface area (Å²) in [5.74, 6) is 0. The second-order valence-corrected chi connectivity index (χ2v) is 10.9. The van der Waals surface area contributed by atoms with Gasteiger partial charge in [-0.25, -0.2) is 0 Å². The quantitative estimate of drug-likeness (QED) is 0.214. The number of hydrogen-bond acceptors (Lipinski definition) is 4. The maximum absolute atomic E-state index is 6.06. The molecule has 0 rings (SSSR count). The Balaban J connectivity index is 4.13. The SMILES string of the molecule is CCCCO[SiH](CCC[SiH](OCCCC)OCCCC)OCCCC. The lowest BCUT2D eigenvalue weighted by Gasteiger charge is -2.19. The van der Waals surface area contributed by atoms with Crippen LogP contribution < -0.4 is 0 Å². The summed E-state index contributed by atoms with van der Waals surface area (Å²) >= 11 is 0. The molecule has 0 bridgehead atoms. The van der Waals surface area contributed by atoms with Crippen molar-refractivity contribution in [3.63, 3.8) is 0 Å². The van der Waals surface area contributed by atoms with Crippen LogP contribution >= 0.6 is 0 Å². The van der Waals surface area contributed by atoms with E-state index in [1.165, 1.54) is 25.7 Å². The van der Waals surface area contributed by atoms with Crippen LogP contribution in [-0.2, 0) is 17.7 Å². The van der Waals surface area contributed by atoms with Crippen molar-refractivity contribution in [3.8, 4) is 0 Å². The highest BCUT2D eigenvalue weighted by molar-refractivity contribution is 6.46. The van der Waals surface area contributed by atoms with Crippen molar-refractivity contribution in [2.24, 2.45) is 0 Å². The zero-order valence-electron chi connectivity index (χ0n) is 17.4. The molecule has 0 N–H and O–H groups in total. The molecule has 0 heterocycles. The van der Waals surface area contributed by atoms with E-state index < -0.39 is 18.6 Å². The second-order valence-electron chi connectivity index (χ2n) is 6.69.